The zero-order valence-corrected chi connectivity index (χ0v) is 8.47. The van der Waals surface area contributed by atoms with Crippen molar-refractivity contribution in [2.45, 2.75) is 26.1 Å². The molecule has 0 aliphatic rings. The highest BCUT2D eigenvalue weighted by Crippen LogP contribution is 2.27. The molecule has 15 heavy (non-hydrogen) atoms. The molecule has 0 saturated heterocycles. The lowest BCUT2D eigenvalue weighted by atomic mass is 10.2. The number of hydrogen-bond donors (Lipinski definition) is 1. The van der Waals surface area contributed by atoms with Gasteiger partial charge in [-0.25, -0.2) is 0 Å². The predicted octanol–water partition coefficient (Wildman–Crippen LogP) is 2.61. The second-order valence-electron chi connectivity index (χ2n) is 3.44. The molecule has 0 atom stereocenters. The first-order valence-corrected chi connectivity index (χ1v) is 4.52. The van der Waals surface area contributed by atoms with Crippen molar-refractivity contribution >= 4 is 0 Å². The smallest absolute Gasteiger partial charge is 0.306 e. The van der Waals surface area contributed by atoms with Crippen LogP contribution in [0.1, 0.15) is 25.1 Å². The zero-order chi connectivity index (χ0) is 11.5. The highest BCUT2D eigenvalue weighted by molar-refractivity contribution is 5.21. The first-order valence-electron chi connectivity index (χ1n) is 4.52. The van der Waals surface area contributed by atoms with Crippen molar-refractivity contribution in [3.05, 3.63) is 36.1 Å². The lowest BCUT2D eigenvalue weighted by Crippen LogP contribution is -2.20. The monoisotopic (exact) mass is 217 g/mol. The summed E-state index contributed by atoms with van der Waals surface area (Å²) in [5, 5.41) is 2.97. The number of alkyl halides is 3. The number of hydrogen-bond acceptors (Lipinski definition) is 2. The van der Waals surface area contributed by atoms with E-state index in [0.29, 0.717) is 5.56 Å². The van der Waals surface area contributed by atoms with Gasteiger partial charge in [0.2, 0.25) is 0 Å². The highest BCUT2D eigenvalue weighted by atomic mass is 19.4. The predicted molar refractivity (Wildman–Crippen MR) is 50.9 cm³/mol. The van der Waals surface area contributed by atoms with Crippen LogP contribution in [0, 0.1) is 6.54 Å². The van der Waals surface area contributed by atoms with Crippen molar-refractivity contribution < 1.29 is 13.2 Å². The van der Waals surface area contributed by atoms with E-state index >= 15 is 0 Å². The largest absolute Gasteiger partial charge is 0.433 e. The average Bonchev–Trinajstić information content (AvgIpc) is 2.14. The van der Waals surface area contributed by atoms with E-state index in [0.717, 1.165) is 6.07 Å². The van der Waals surface area contributed by atoms with Gasteiger partial charge < -0.3 is 5.32 Å². The number of nitrogens with zero attached hydrogens (tertiary/aromatic N) is 1. The van der Waals surface area contributed by atoms with Crippen LogP contribution < -0.4 is 5.32 Å². The summed E-state index contributed by atoms with van der Waals surface area (Å²) in [6, 6.07) is 2.59. The molecule has 0 saturated carbocycles. The summed E-state index contributed by atoms with van der Waals surface area (Å²) in [5.74, 6) is 0. The maximum Gasteiger partial charge on any atom is 0.433 e. The van der Waals surface area contributed by atoms with Crippen LogP contribution in [0.5, 0.6) is 0 Å². The fourth-order valence-electron chi connectivity index (χ4n) is 0.921. The third kappa shape index (κ3) is 3.87. The van der Waals surface area contributed by atoms with Crippen molar-refractivity contribution in [2.24, 2.45) is 0 Å². The summed E-state index contributed by atoms with van der Waals surface area (Å²) in [7, 11) is 0. The number of rotatable bonds is 3. The average molecular weight is 217 g/mol. The van der Waals surface area contributed by atoms with E-state index in [2.05, 4.69) is 10.3 Å². The van der Waals surface area contributed by atoms with Crippen molar-refractivity contribution in [2.75, 3.05) is 0 Å². The van der Waals surface area contributed by atoms with Gasteiger partial charge >= 0.3 is 6.18 Å². The van der Waals surface area contributed by atoms with E-state index in [-0.39, 0.29) is 6.04 Å². The van der Waals surface area contributed by atoms with Crippen LogP contribution in [0.4, 0.5) is 13.2 Å². The fourth-order valence-corrected chi connectivity index (χ4v) is 0.921. The molecule has 1 aromatic rings. The molecule has 83 valence electrons. The molecule has 0 amide bonds. The molecule has 2 nitrogen and oxygen atoms in total. The minimum absolute atomic E-state index is 0.243. The Kier molecular flexibility index (Phi) is 3.68. The van der Waals surface area contributed by atoms with Crippen LogP contribution in [0.2, 0.25) is 0 Å². The van der Waals surface area contributed by atoms with Gasteiger partial charge in [-0.15, -0.1) is 0 Å². The molecule has 0 aromatic carbocycles. The van der Waals surface area contributed by atoms with Gasteiger partial charge in [0.25, 0.3) is 0 Å². The van der Waals surface area contributed by atoms with Gasteiger partial charge in [-0.3, -0.25) is 4.98 Å². The van der Waals surface area contributed by atoms with E-state index in [4.69, 9.17) is 0 Å². The van der Waals surface area contributed by atoms with Gasteiger partial charge in [0.15, 0.2) is 0 Å². The van der Waals surface area contributed by atoms with Crippen LogP contribution in [0.15, 0.2) is 18.3 Å². The fraction of sp³-hybridized carbons (Fsp3) is 0.400. The van der Waals surface area contributed by atoms with Crippen molar-refractivity contribution in [1.82, 2.24) is 10.3 Å². The highest BCUT2D eigenvalue weighted by Gasteiger charge is 2.31. The lowest BCUT2D eigenvalue weighted by Gasteiger charge is -2.08. The number of halogens is 3. The molecular weight excluding hydrogens is 205 g/mol. The molecule has 0 aliphatic heterocycles. The van der Waals surface area contributed by atoms with Gasteiger partial charge in [0.05, 0.1) is 6.54 Å². The molecule has 1 aromatic heterocycles. The molecule has 0 spiro atoms. The number of pyridine rings is 1. The van der Waals surface area contributed by atoms with Crippen molar-refractivity contribution in [3.63, 3.8) is 0 Å². The van der Waals surface area contributed by atoms with Crippen molar-refractivity contribution in [1.29, 1.82) is 0 Å². The molecule has 0 fully saturated rings. The molecule has 0 unspecified atom stereocenters. The van der Waals surface area contributed by atoms with Crippen LogP contribution in [-0.4, -0.2) is 11.0 Å². The molecule has 1 N–H and O–H groups in total. The van der Waals surface area contributed by atoms with Gasteiger partial charge in [-0.2, -0.15) is 13.2 Å². The topological polar surface area (TPSA) is 24.9 Å². The van der Waals surface area contributed by atoms with Crippen LogP contribution in [0.25, 0.3) is 0 Å². The SMILES string of the molecule is CC(C)N[CH]c1ccc(C(F)(F)F)nc1. The molecule has 1 radical (unpaired) electrons. The minimum Gasteiger partial charge on any atom is -0.306 e. The van der Waals surface area contributed by atoms with Crippen LogP contribution in [-0.2, 0) is 6.18 Å². The standard InChI is InChI=1S/C10H12F3N2/c1-7(2)14-5-8-3-4-9(15-6-8)10(11,12)13/h3-7,14H,1-2H3. The first kappa shape index (κ1) is 12.0. The quantitative estimate of drug-likeness (QED) is 0.841. The normalized spacial score (nSPS) is 12.1. The second-order valence-corrected chi connectivity index (χ2v) is 3.44. The maximum absolute atomic E-state index is 12.1. The van der Waals surface area contributed by atoms with E-state index in [1.54, 1.807) is 6.54 Å². The third-order valence-corrected chi connectivity index (χ3v) is 1.66. The Hall–Kier alpha value is -1.10. The summed E-state index contributed by atoms with van der Waals surface area (Å²) in [5.41, 5.74) is -0.249. The summed E-state index contributed by atoms with van der Waals surface area (Å²) < 4.78 is 36.4. The zero-order valence-electron chi connectivity index (χ0n) is 8.47. The van der Waals surface area contributed by atoms with Gasteiger partial charge in [-0.1, -0.05) is 19.9 Å². The van der Waals surface area contributed by atoms with E-state index < -0.39 is 11.9 Å². The molecule has 0 aliphatic carbocycles. The molecule has 1 heterocycles. The number of aromatic nitrogens is 1. The van der Waals surface area contributed by atoms with Crippen LogP contribution in [0.3, 0.4) is 0 Å². The Morgan fingerprint density at radius 3 is 2.40 bits per heavy atom. The van der Waals surface area contributed by atoms with Crippen LogP contribution >= 0.6 is 0 Å². The third-order valence-electron chi connectivity index (χ3n) is 1.66. The maximum atomic E-state index is 12.1. The van der Waals surface area contributed by atoms with Gasteiger partial charge in [-0.05, 0) is 11.6 Å². The lowest BCUT2D eigenvalue weighted by molar-refractivity contribution is -0.141. The molecular formula is C10H12F3N2. The summed E-state index contributed by atoms with van der Waals surface area (Å²) in [6.45, 7) is 5.51. The van der Waals surface area contributed by atoms with Gasteiger partial charge in [0.1, 0.15) is 5.69 Å². The molecule has 5 heteroatoms. The Balaban J connectivity index is 2.65. The van der Waals surface area contributed by atoms with Gasteiger partial charge in [0, 0.05) is 12.2 Å². The molecule has 1 rings (SSSR count). The van der Waals surface area contributed by atoms with Crippen molar-refractivity contribution in [3.8, 4) is 0 Å². The Morgan fingerprint density at radius 1 is 1.33 bits per heavy atom. The Bertz CT molecular complexity index is 303. The summed E-state index contributed by atoms with van der Waals surface area (Å²) in [4.78, 5) is 3.33. The first-order chi connectivity index (χ1) is 6.89. The Labute approximate surface area is 86.5 Å². The van der Waals surface area contributed by atoms with E-state index in [1.807, 2.05) is 13.8 Å². The Morgan fingerprint density at radius 2 is 2.00 bits per heavy atom. The summed E-state index contributed by atoms with van der Waals surface area (Å²) >= 11 is 0. The minimum atomic E-state index is -4.37. The number of nitrogens with one attached hydrogen (secondary N) is 1. The molecule has 0 bridgehead atoms. The van der Waals surface area contributed by atoms with E-state index in [9.17, 15) is 13.2 Å². The second kappa shape index (κ2) is 4.61. The van der Waals surface area contributed by atoms with E-state index in [1.165, 1.54) is 12.3 Å². The summed E-state index contributed by atoms with van der Waals surface area (Å²) in [6.07, 6.45) is -3.18.